The van der Waals surface area contributed by atoms with Gasteiger partial charge in [-0.05, 0) is 51.1 Å². The summed E-state index contributed by atoms with van der Waals surface area (Å²) in [6, 6.07) is 15.6. The van der Waals surface area contributed by atoms with Crippen molar-refractivity contribution in [2.45, 2.75) is 31.2 Å². The molecule has 1 amide bonds. The average Bonchev–Trinajstić information content (AvgIpc) is 3.11. The highest BCUT2D eigenvalue weighted by Crippen LogP contribution is 2.18. The van der Waals surface area contributed by atoms with Gasteiger partial charge in [-0.2, -0.15) is 5.10 Å². The van der Waals surface area contributed by atoms with E-state index in [9.17, 15) is 13.2 Å². The van der Waals surface area contributed by atoms with E-state index in [0.717, 1.165) is 5.69 Å². The molecule has 0 aliphatic heterocycles. The maximum absolute atomic E-state index is 12.5. The predicted octanol–water partition coefficient (Wildman–Crippen LogP) is 3.20. The first kappa shape index (κ1) is 19.8. The third-order valence-corrected chi connectivity index (χ3v) is 5.46. The maximum Gasteiger partial charge on any atom is 0.258 e. The van der Waals surface area contributed by atoms with E-state index in [2.05, 4.69) is 15.1 Å². The summed E-state index contributed by atoms with van der Waals surface area (Å²) in [7, 11) is -3.69. The van der Waals surface area contributed by atoms with Gasteiger partial charge in [-0.15, -0.1) is 0 Å². The molecule has 0 fully saturated rings. The van der Waals surface area contributed by atoms with Crippen molar-refractivity contribution in [3.05, 3.63) is 72.6 Å². The second kappa shape index (κ2) is 7.57. The van der Waals surface area contributed by atoms with Crippen molar-refractivity contribution in [2.24, 2.45) is 0 Å². The molecule has 8 heteroatoms. The highest BCUT2D eigenvalue weighted by atomic mass is 32.2. The number of carbonyl (C=O) groups excluding carboxylic acids is 1. The van der Waals surface area contributed by atoms with Gasteiger partial charge in [0, 0.05) is 17.4 Å². The SMILES string of the molecule is CC(C)(C)NS(=O)(=O)c1cccc(NC(=O)c2cnn(-c3ccccc3)c2)c1. The van der Waals surface area contributed by atoms with Crippen LogP contribution in [0.15, 0.2) is 71.9 Å². The minimum absolute atomic E-state index is 0.0835. The molecule has 0 bridgehead atoms. The van der Waals surface area contributed by atoms with Crippen LogP contribution in [0.2, 0.25) is 0 Å². The summed E-state index contributed by atoms with van der Waals surface area (Å²) in [6.07, 6.45) is 3.08. The Balaban J connectivity index is 1.78. The first-order valence-electron chi connectivity index (χ1n) is 8.70. The van der Waals surface area contributed by atoms with E-state index in [0.29, 0.717) is 11.3 Å². The number of sulfonamides is 1. The second-order valence-electron chi connectivity index (χ2n) is 7.35. The Morgan fingerprint density at radius 2 is 1.75 bits per heavy atom. The highest BCUT2D eigenvalue weighted by molar-refractivity contribution is 7.89. The number of aromatic nitrogens is 2. The van der Waals surface area contributed by atoms with Crippen LogP contribution in [0.25, 0.3) is 5.69 Å². The third-order valence-electron chi connectivity index (χ3n) is 3.71. The monoisotopic (exact) mass is 398 g/mol. The van der Waals surface area contributed by atoms with Crippen LogP contribution < -0.4 is 10.0 Å². The zero-order valence-corrected chi connectivity index (χ0v) is 16.7. The molecule has 0 aliphatic rings. The molecule has 1 aromatic heterocycles. The Labute approximate surface area is 164 Å². The minimum Gasteiger partial charge on any atom is -0.322 e. The molecule has 7 nitrogen and oxygen atoms in total. The van der Waals surface area contributed by atoms with Crippen LogP contribution in [0.5, 0.6) is 0 Å². The lowest BCUT2D eigenvalue weighted by molar-refractivity contribution is 0.102. The van der Waals surface area contributed by atoms with Crippen molar-refractivity contribution >= 4 is 21.6 Å². The van der Waals surface area contributed by atoms with Crippen molar-refractivity contribution in [3.8, 4) is 5.69 Å². The fourth-order valence-corrected chi connectivity index (χ4v) is 4.03. The molecule has 1 heterocycles. The lowest BCUT2D eigenvalue weighted by atomic mass is 10.1. The van der Waals surface area contributed by atoms with Gasteiger partial charge in [-0.1, -0.05) is 24.3 Å². The first-order chi connectivity index (χ1) is 13.1. The molecule has 2 N–H and O–H groups in total. The first-order valence-corrected chi connectivity index (χ1v) is 10.2. The maximum atomic E-state index is 12.5. The van der Waals surface area contributed by atoms with E-state index in [1.54, 1.807) is 43.8 Å². The summed E-state index contributed by atoms with van der Waals surface area (Å²) < 4.78 is 29.1. The van der Waals surface area contributed by atoms with Crippen molar-refractivity contribution in [1.82, 2.24) is 14.5 Å². The molecule has 146 valence electrons. The predicted molar refractivity (Wildman–Crippen MR) is 108 cm³/mol. The van der Waals surface area contributed by atoms with Crippen LogP contribution in [-0.2, 0) is 10.0 Å². The number of amides is 1. The van der Waals surface area contributed by atoms with Gasteiger partial charge in [0.05, 0.1) is 22.3 Å². The molecule has 0 aliphatic carbocycles. The fourth-order valence-electron chi connectivity index (χ4n) is 2.57. The lowest BCUT2D eigenvalue weighted by Gasteiger charge is -2.20. The number of carbonyl (C=O) groups is 1. The van der Waals surface area contributed by atoms with E-state index >= 15 is 0 Å². The van der Waals surface area contributed by atoms with Gasteiger partial charge < -0.3 is 5.32 Å². The molecule has 28 heavy (non-hydrogen) atoms. The van der Waals surface area contributed by atoms with E-state index in [-0.39, 0.29) is 10.8 Å². The molecular weight excluding hydrogens is 376 g/mol. The van der Waals surface area contributed by atoms with Gasteiger partial charge in [0.2, 0.25) is 10.0 Å². The van der Waals surface area contributed by atoms with Gasteiger partial charge in [0.15, 0.2) is 0 Å². The standard InChI is InChI=1S/C20H22N4O3S/c1-20(2,3)23-28(26,27)18-11-7-8-16(12-18)22-19(25)15-13-21-24(14-15)17-9-5-4-6-10-17/h4-14,23H,1-3H3,(H,22,25). The summed E-state index contributed by atoms with van der Waals surface area (Å²) in [5.41, 5.74) is 0.978. The van der Waals surface area contributed by atoms with Crippen LogP contribution in [0, 0.1) is 0 Å². The lowest BCUT2D eigenvalue weighted by Crippen LogP contribution is -2.40. The van der Waals surface area contributed by atoms with Crippen LogP contribution in [-0.4, -0.2) is 29.6 Å². The van der Waals surface area contributed by atoms with Gasteiger partial charge in [0.25, 0.3) is 5.91 Å². The van der Waals surface area contributed by atoms with Crippen molar-refractivity contribution in [3.63, 3.8) is 0 Å². The Kier molecular flexibility index (Phi) is 5.35. The molecule has 2 aromatic carbocycles. The normalized spacial score (nSPS) is 12.0. The average molecular weight is 398 g/mol. The number of para-hydroxylation sites is 1. The van der Waals surface area contributed by atoms with E-state index in [1.165, 1.54) is 18.3 Å². The van der Waals surface area contributed by atoms with Gasteiger partial charge in [-0.25, -0.2) is 17.8 Å². The van der Waals surface area contributed by atoms with Crippen molar-refractivity contribution in [2.75, 3.05) is 5.32 Å². The Bertz CT molecular complexity index is 1080. The molecule has 0 spiro atoms. The fraction of sp³-hybridized carbons (Fsp3) is 0.200. The summed E-state index contributed by atoms with van der Waals surface area (Å²) in [5, 5.41) is 6.91. The smallest absolute Gasteiger partial charge is 0.258 e. The summed E-state index contributed by atoms with van der Waals surface area (Å²) in [4.78, 5) is 12.6. The number of nitrogens with zero attached hydrogens (tertiary/aromatic N) is 2. The largest absolute Gasteiger partial charge is 0.322 e. The third kappa shape index (κ3) is 4.85. The quantitative estimate of drug-likeness (QED) is 0.690. The molecule has 3 rings (SSSR count). The van der Waals surface area contributed by atoms with Gasteiger partial charge in [-0.3, -0.25) is 4.79 Å². The number of hydrogen-bond acceptors (Lipinski definition) is 4. The molecule has 0 atom stereocenters. The number of anilines is 1. The molecule has 0 radical (unpaired) electrons. The number of hydrogen-bond donors (Lipinski definition) is 2. The molecule has 3 aromatic rings. The van der Waals surface area contributed by atoms with E-state index in [4.69, 9.17) is 0 Å². The van der Waals surface area contributed by atoms with Gasteiger partial charge >= 0.3 is 0 Å². The Morgan fingerprint density at radius 3 is 2.43 bits per heavy atom. The van der Waals surface area contributed by atoms with E-state index in [1.807, 2.05) is 30.3 Å². The summed E-state index contributed by atoms with van der Waals surface area (Å²) in [5.74, 6) is -0.375. The van der Waals surface area contributed by atoms with Crippen LogP contribution in [0.1, 0.15) is 31.1 Å². The van der Waals surface area contributed by atoms with Crippen LogP contribution >= 0.6 is 0 Å². The van der Waals surface area contributed by atoms with E-state index < -0.39 is 15.6 Å². The molecular formula is C20H22N4O3S. The zero-order valence-electron chi connectivity index (χ0n) is 15.9. The van der Waals surface area contributed by atoms with Crippen LogP contribution in [0.4, 0.5) is 5.69 Å². The Morgan fingerprint density at radius 1 is 1.04 bits per heavy atom. The van der Waals surface area contributed by atoms with Gasteiger partial charge in [0.1, 0.15) is 0 Å². The molecule has 0 saturated carbocycles. The molecule has 0 saturated heterocycles. The van der Waals surface area contributed by atoms with Crippen molar-refractivity contribution in [1.29, 1.82) is 0 Å². The van der Waals surface area contributed by atoms with Crippen LogP contribution in [0.3, 0.4) is 0 Å². The second-order valence-corrected chi connectivity index (χ2v) is 9.03. The highest BCUT2D eigenvalue weighted by Gasteiger charge is 2.22. The molecule has 0 unspecified atom stereocenters. The summed E-state index contributed by atoms with van der Waals surface area (Å²) >= 11 is 0. The van der Waals surface area contributed by atoms with Crippen molar-refractivity contribution < 1.29 is 13.2 Å². The Hall–Kier alpha value is -2.97. The number of rotatable bonds is 5. The number of benzene rings is 2. The minimum atomic E-state index is -3.69. The number of nitrogens with one attached hydrogen (secondary N) is 2. The summed E-state index contributed by atoms with van der Waals surface area (Å²) in [6.45, 7) is 5.29. The topological polar surface area (TPSA) is 93.1 Å². The zero-order chi connectivity index (χ0) is 20.4.